The van der Waals surface area contributed by atoms with Gasteiger partial charge in [-0.15, -0.1) is 0 Å². The fraction of sp³-hybridized carbons (Fsp3) is 0.0638. The number of rotatable bonds is 3. The molecule has 226 valence electrons. The Morgan fingerprint density at radius 1 is 0.375 bits per heavy atom. The van der Waals surface area contributed by atoms with E-state index >= 15 is 0 Å². The smallest absolute Gasteiger partial charge is 0.0541 e. The minimum atomic E-state index is -0.0101. The second-order valence-corrected chi connectivity index (χ2v) is 13.7. The van der Waals surface area contributed by atoms with Gasteiger partial charge in [-0.2, -0.15) is 0 Å². The number of benzene rings is 8. The Bertz CT molecular complexity index is 2630. The number of nitrogens with zero attached hydrogens (tertiary/aromatic N) is 1. The molecule has 0 spiro atoms. The molecule has 1 aliphatic rings. The van der Waals surface area contributed by atoms with Crippen molar-refractivity contribution in [2.24, 2.45) is 0 Å². The summed E-state index contributed by atoms with van der Waals surface area (Å²) in [5, 5.41) is 7.67. The third-order valence-corrected chi connectivity index (χ3v) is 10.8. The summed E-state index contributed by atoms with van der Waals surface area (Å²) >= 11 is 0. The van der Waals surface area contributed by atoms with Gasteiger partial charge in [-0.05, 0) is 96.4 Å². The predicted molar refractivity (Wildman–Crippen MR) is 204 cm³/mol. The molecule has 0 N–H and O–H groups in total. The first-order valence-electron chi connectivity index (χ1n) is 16.9. The first-order valence-corrected chi connectivity index (χ1v) is 16.9. The lowest BCUT2D eigenvalue weighted by Gasteiger charge is -2.22. The molecule has 0 atom stereocenters. The van der Waals surface area contributed by atoms with E-state index in [1.54, 1.807) is 0 Å². The number of aromatic nitrogens is 1. The van der Waals surface area contributed by atoms with E-state index in [1.807, 2.05) is 0 Å². The molecule has 8 aromatic carbocycles. The Balaban J connectivity index is 1.18. The van der Waals surface area contributed by atoms with Gasteiger partial charge in [-0.1, -0.05) is 147 Å². The van der Waals surface area contributed by atoms with Crippen LogP contribution in [0.5, 0.6) is 0 Å². The molecule has 1 heteroatoms. The van der Waals surface area contributed by atoms with E-state index < -0.39 is 0 Å². The van der Waals surface area contributed by atoms with Gasteiger partial charge in [0.25, 0.3) is 0 Å². The highest BCUT2D eigenvalue weighted by Gasteiger charge is 2.35. The van der Waals surface area contributed by atoms with Crippen molar-refractivity contribution in [1.82, 2.24) is 4.57 Å². The summed E-state index contributed by atoms with van der Waals surface area (Å²) in [6.07, 6.45) is 0. The van der Waals surface area contributed by atoms with Crippen LogP contribution in [0.2, 0.25) is 0 Å². The highest BCUT2D eigenvalue weighted by atomic mass is 15.0. The van der Waals surface area contributed by atoms with Crippen LogP contribution < -0.4 is 0 Å². The van der Waals surface area contributed by atoms with Crippen molar-refractivity contribution in [3.05, 3.63) is 175 Å². The van der Waals surface area contributed by atoms with Crippen molar-refractivity contribution in [3.8, 4) is 39.1 Å². The predicted octanol–water partition coefficient (Wildman–Crippen LogP) is 12.7. The van der Waals surface area contributed by atoms with E-state index in [-0.39, 0.29) is 5.41 Å². The van der Waals surface area contributed by atoms with Gasteiger partial charge >= 0.3 is 0 Å². The van der Waals surface area contributed by atoms with E-state index in [0.717, 1.165) is 0 Å². The van der Waals surface area contributed by atoms with Gasteiger partial charge in [0.05, 0.1) is 11.0 Å². The maximum atomic E-state index is 2.44. The number of hydrogen-bond donors (Lipinski definition) is 0. The molecule has 0 saturated carbocycles. The average molecular weight is 612 g/mol. The molecule has 0 amide bonds. The summed E-state index contributed by atoms with van der Waals surface area (Å²) in [7, 11) is 0. The summed E-state index contributed by atoms with van der Waals surface area (Å²) in [4.78, 5) is 0. The second-order valence-electron chi connectivity index (χ2n) is 13.7. The highest BCUT2D eigenvalue weighted by molar-refractivity contribution is 6.21. The second kappa shape index (κ2) is 10.0. The van der Waals surface area contributed by atoms with Crippen LogP contribution >= 0.6 is 0 Å². The number of para-hydroxylation sites is 2. The third-order valence-electron chi connectivity index (χ3n) is 10.8. The lowest BCUT2D eigenvalue weighted by Crippen LogP contribution is -2.14. The van der Waals surface area contributed by atoms with Crippen LogP contribution in [0.3, 0.4) is 0 Å². The molecule has 10 rings (SSSR count). The fourth-order valence-corrected chi connectivity index (χ4v) is 8.60. The zero-order valence-corrected chi connectivity index (χ0v) is 27.0. The van der Waals surface area contributed by atoms with Crippen LogP contribution in [-0.4, -0.2) is 4.57 Å². The van der Waals surface area contributed by atoms with E-state index in [9.17, 15) is 0 Å². The number of hydrogen-bond acceptors (Lipinski definition) is 0. The summed E-state index contributed by atoms with van der Waals surface area (Å²) in [6.45, 7) is 4.70. The molecule has 0 unspecified atom stereocenters. The van der Waals surface area contributed by atoms with Gasteiger partial charge in [0.1, 0.15) is 0 Å². The maximum Gasteiger partial charge on any atom is 0.0541 e. The van der Waals surface area contributed by atoms with Crippen LogP contribution in [0.4, 0.5) is 0 Å². The van der Waals surface area contributed by atoms with Crippen molar-refractivity contribution in [1.29, 1.82) is 0 Å². The van der Waals surface area contributed by atoms with Crippen molar-refractivity contribution < 1.29 is 0 Å². The van der Waals surface area contributed by atoms with E-state index in [1.165, 1.54) is 93.5 Å². The SMILES string of the molecule is CC1(C)c2ccccc2-c2cc(-c3c4ccccc4c(-c4ccc(-n5c6ccccc6c6ccccc65)cc4)c4ccccc34)ccc21. The molecule has 0 saturated heterocycles. The lowest BCUT2D eigenvalue weighted by atomic mass is 9.81. The maximum absolute atomic E-state index is 2.44. The average Bonchev–Trinajstić information content (AvgIpc) is 3.59. The molecule has 1 nitrogen and oxygen atoms in total. The summed E-state index contributed by atoms with van der Waals surface area (Å²) in [5.41, 5.74) is 14.2. The topological polar surface area (TPSA) is 4.93 Å². The Kier molecular flexibility index (Phi) is 5.69. The summed E-state index contributed by atoms with van der Waals surface area (Å²) < 4.78 is 2.39. The zero-order valence-electron chi connectivity index (χ0n) is 27.0. The van der Waals surface area contributed by atoms with Crippen LogP contribution in [-0.2, 0) is 5.41 Å². The molecular formula is C47H33N. The molecule has 0 radical (unpaired) electrons. The van der Waals surface area contributed by atoms with Gasteiger partial charge in [0, 0.05) is 21.9 Å². The van der Waals surface area contributed by atoms with Crippen LogP contribution in [0, 0.1) is 0 Å². The molecule has 9 aromatic rings. The lowest BCUT2D eigenvalue weighted by molar-refractivity contribution is 0.660. The minimum absolute atomic E-state index is 0.0101. The van der Waals surface area contributed by atoms with Gasteiger partial charge in [-0.3, -0.25) is 0 Å². The molecule has 1 heterocycles. The molecule has 0 bridgehead atoms. The van der Waals surface area contributed by atoms with E-state index in [4.69, 9.17) is 0 Å². The van der Waals surface area contributed by atoms with Gasteiger partial charge in [0.2, 0.25) is 0 Å². The van der Waals surface area contributed by atoms with Crippen molar-refractivity contribution in [3.63, 3.8) is 0 Å². The van der Waals surface area contributed by atoms with Crippen molar-refractivity contribution in [2.75, 3.05) is 0 Å². The largest absolute Gasteiger partial charge is 0.309 e. The fourth-order valence-electron chi connectivity index (χ4n) is 8.60. The van der Waals surface area contributed by atoms with Crippen LogP contribution in [0.15, 0.2) is 164 Å². The van der Waals surface area contributed by atoms with Crippen LogP contribution in [0.1, 0.15) is 25.0 Å². The highest BCUT2D eigenvalue weighted by Crippen LogP contribution is 2.51. The van der Waals surface area contributed by atoms with Crippen molar-refractivity contribution in [2.45, 2.75) is 19.3 Å². The normalized spacial score (nSPS) is 13.4. The van der Waals surface area contributed by atoms with Gasteiger partial charge < -0.3 is 4.57 Å². The van der Waals surface area contributed by atoms with Crippen molar-refractivity contribution >= 4 is 43.4 Å². The third kappa shape index (κ3) is 3.73. The molecule has 48 heavy (non-hydrogen) atoms. The molecule has 0 aliphatic heterocycles. The van der Waals surface area contributed by atoms with E-state index in [0.29, 0.717) is 0 Å². The van der Waals surface area contributed by atoms with E-state index in [2.05, 4.69) is 182 Å². The summed E-state index contributed by atoms with van der Waals surface area (Å²) in [6, 6.07) is 60.6. The monoisotopic (exact) mass is 611 g/mol. The molecule has 0 fully saturated rings. The quantitative estimate of drug-likeness (QED) is 0.175. The zero-order chi connectivity index (χ0) is 32.0. The molecular weight excluding hydrogens is 579 g/mol. The Morgan fingerprint density at radius 2 is 0.812 bits per heavy atom. The van der Waals surface area contributed by atoms with Gasteiger partial charge in [0.15, 0.2) is 0 Å². The molecule has 1 aromatic heterocycles. The Morgan fingerprint density at radius 3 is 1.40 bits per heavy atom. The Hall–Kier alpha value is -5.92. The number of fused-ring (bicyclic) bond motifs is 8. The first-order chi connectivity index (χ1) is 23.6. The summed E-state index contributed by atoms with van der Waals surface area (Å²) in [5.74, 6) is 0. The first kappa shape index (κ1) is 27.2. The van der Waals surface area contributed by atoms with Gasteiger partial charge in [-0.25, -0.2) is 0 Å². The standard InChI is InChI=1S/C47H33N/c1-47(2)41-20-10-7-13-33(41)40-29-31(25-28-42(40)47)46-38-18-5-3-16-36(38)45(37-17-4-6-19-39(37)46)30-23-26-32(27-24-30)48-43-21-11-8-14-34(43)35-15-9-12-22-44(35)48/h3-29H,1-2H3. The molecule has 1 aliphatic carbocycles. The van der Waals surface area contributed by atoms with Crippen LogP contribution in [0.25, 0.3) is 82.4 Å². The minimum Gasteiger partial charge on any atom is -0.309 e. The Labute approximate surface area is 280 Å².